The van der Waals surface area contributed by atoms with Gasteiger partial charge in [-0.05, 0) is 110 Å². The first-order valence-corrected chi connectivity index (χ1v) is 15.4. The zero-order valence-electron chi connectivity index (χ0n) is 22.9. The summed E-state index contributed by atoms with van der Waals surface area (Å²) in [5, 5.41) is 0. The molecule has 0 heteroatoms. The fraction of sp³-hybridized carbons (Fsp3) is 0.657. The summed E-state index contributed by atoms with van der Waals surface area (Å²) < 4.78 is 0. The van der Waals surface area contributed by atoms with Crippen LogP contribution in [0.4, 0.5) is 0 Å². The van der Waals surface area contributed by atoms with Gasteiger partial charge in [-0.15, -0.1) is 0 Å². The molecular formula is C35H52. The van der Waals surface area contributed by atoms with Crippen molar-refractivity contribution >= 4 is 0 Å². The molecule has 2 aliphatic carbocycles. The minimum Gasteiger partial charge on any atom is -0.0654 e. The highest BCUT2D eigenvalue weighted by Gasteiger charge is 2.22. The van der Waals surface area contributed by atoms with Gasteiger partial charge in [0.2, 0.25) is 0 Å². The van der Waals surface area contributed by atoms with Gasteiger partial charge in [0.1, 0.15) is 0 Å². The maximum Gasteiger partial charge on any atom is -0.0162 e. The van der Waals surface area contributed by atoms with Crippen LogP contribution in [0.25, 0.3) is 0 Å². The molecule has 0 nitrogen and oxygen atoms in total. The highest BCUT2D eigenvalue weighted by Crippen LogP contribution is 2.38. The van der Waals surface area contributed by atoms with Crippen molar-refractivity contribution < 1.29 is 0 Å². The predicted molar refractivity (Wildman–Crippen MR) is 153 cm³/mol. The Morgan fingerprint density at radius 2 is 0.971 bits per heavy atom. The first kappa shape index (κ1) is 26.5. The molecule has 0 saturated heterocycles. The van der Waals surface area contributed by atoms with E-state index in [0.29, 0.717) is 0 Å². The summed E-state index contributed by atoms with van der Waals surface area (Å²) in [4.78, 5) is 0. The lowest BCUT2D eigenvalue weighted by Crippen LogP contribution is -2.13. The molecule has 2 fully saturated rings. The Kier molecular flexibility index (Phi) is 10.8. The van der Waals surface area contributed by atoms with Crippen molar-refractivity contribution in [3.63, 3.8) is 0 Å². The topological polar surface area (TPSA) is 0 Å². The third kappa shape index (κ3) is 8.51. The Hall–Kier alpha value is -1.56. The van der Waals surface area contributed by atoms with Gasteiger partial charge >= 0.3 is 0 Å². The van der Waals surface area contributed by atoms with Crippen molar-refractivity contribution in [2.75, 3.05) is 0 Å². The average Bonchev–Trinajstić information content (AvgIpc) is 2.90. The van der Waals surface area contributed by atoms with E-state index in [1.54, 1.807) is 16.7 Å². The Morgan fingerprint density at radius 3 is 1.43 bits per heavy atom. The number of rotatable bonds is 12. The maximum atomic E-state index is 2.44. The average molecular weight is 473 g/mol. The largest absolute Gasteiger partial charge is 0.0654 e. The van der Waals surface area contributed by atoms with Crippen LogP contribution < -0.4 is 0 Å². The second-order valence-electron chi connectivity index (χ2n) is 12.2. The first-order valence-electron chi connectivity index (χ1n) is 15.4. The molecule has 0 amide bonds. The van der Waals surface area contributed by atoms with Crippen LogP contribution in [0.15, 0.2) is 48.5 Å². The first-order chi connectivity index (χ1) is 17.2. The quantitative estimate of drug-likeness (QED) is 0.269. The van der Waals surface area contributed by atoms with Gasteiger partial charge in [0, 0.05) is 0 Å². The molecule has 0 aromatic heterocycles. The SMILES string of the molecule is CCCC1CCC(c2ccc(CCCCCCCc3ccc(C4CCC(C)CC4)cc3)cc2)CC1. The van der Waals surface area contributed by atoms with Crippen LogP contribution in [0.3, 0.4) is 0 Å². The summed E-state index contributed by atoms with van der Waals surface area (Å²) >= 11 is 0. The van der Waals surface area contributed by atoms with E-state index >= 15 is 0 Å². The molecule has 2 aliphatic rings. The van der Waals surface area contributed by atoms with E-state index in [9.17, 15) is 0 Å². The summed E-state index contributed by atoms with van der Waals surface area (Å²) in [6.07, 6.45) is 23.5. The molecule has 0 spiro atoms. The van der Waals surface area contributed by atoms with Crippen LogP contribution in [-0.4, -0.2) is 0 Å². The monoisotopic (exact) mass is 472 g/mol. The fourth-order valence-electron chi connectivity index (χ4n) is 6.89. The van der Waals surface area contributed by atoms with Gasteiger partial charge in [-0.25, -0.2) is 0 Å². The smallest absolute Gasteiger partial charge is 0.0162 e. The Balaban J connectivity index is 1.06. The molecule has 4 rings (SSSR count). The molecule has 2 aromatic carbocycles. The van der Waals surface area contributed by atoms with Gasteiger partial charge in [-0.3, -0.25) is 0 Å². The van der Waals surface area contributed by atoms with Gasteiger partial charge in [0.15, 0.2) is 0 Å². The zero-order valence-corrected chi connectivity index (χ0v) is 22.9. The molecule has 0 unspecified atom stereocenters. The van der Waals surface area contributed by atoms with Crippen LogP contribution >= 0.6 is 0 Å². The minimum atomic E-state index is 0.821. The summed E-state index contributed by atoms with van der Waals surface area (Å²) in [6, 6.07) is 19.4. The minimum absolute atomic E-state index is 0.821. The molecule has 2 saturated carbocycles. The van der Waals surface area contributed by atoms with Gasteiger partial charge in [0.25, 0.3) is 0 Å². The Labute approximate surface area is 217 Å². The van der Waals surface area contributed by atoms with Gasteiger partial charge in [0.05, 0.1) is 0 Å². The highest BCUT2D eigenvalue weighted by molar-refractivity contribution is 5.27. The summed E-state index contributed by atoms with van der Waals surface area (Å²) in [5.74, 6) is 3.59. The van der Waals surface area contributed by atoms with E-state index < -0.39 is 0 Å². The molecular weight excluding hydrogens is 420 g/mol. The molecule has 0 atom stereocenters. The van der Waals surface area contributed by atoms with Crippen LogP contribution in [0, 0.1) is 11.8 Å². The van der Waals surface area contributed by atoms with Crippen molar-refractivity contribution in [2.24, 2.45) is 11.8 Å². The predicted octanol–water partition coefficient (Wildman–Crippen LogP) is 10.8. The zero-order chi connectivity index (χ0) is 24.3. The van der Waals surface area contributed by atoms with E-state index in [-0.39, 0.29) is 0 Å². The lowest BCUT2D eigenvalue weighted by atomic mass is 9.77. The molecule has 35 heavy (non-hydrogen) atoms. The van der Waals surface area contributed by atoms with Crippen LogP contribution in [0.1, 0.15) is 144 Å². The van der Waals surface area contributed by atoms with E-state index in [0.717, 1.165) is 23.7 Å². The molecule has 0 radical (unpaired) electrons. The third-order valence-electron chi connectivity index (χ3n) is 9.39. The second kappa shape index (κ2) is 14.2. The number of hydrogen-bond acceptors (Lipinski definition) is 0. The molecule has 0 N–H and O–H groups in total. The molecule has 0 aliphatic heterocycles. The lowest BCUT2D eigenvalue weighted by Gasteiger charge is -2.28. The normalized spacial score (nSPS) is 25.0. The van der Waals surface area contributed by atoms with E-state index in [4.69, 9.17) is 0 Å². The van der Waals surface area contributed by atoms with Crippen molar-refractivity contribution in [1.82, 2.24) is 0 Å². The van der Waals surface area contributed by atoms with Gasteiger partial charge in [-0.2, -0.15) is 0 Å². The van der Waals surface area contributed by atoms with Crippen molar-refractivity contribution in [3.8, 4) is 0 Å². The third-order valence-corrected chi connectivity index (χ3v) is 9.39. The van der Waals surface area contributed by atoms with Crippen molar-refractivity contribution in [1.29, 1.82) is 0 Å². The van der Waals surface area contributed by atoms with Gasteiger partial charge in [-0.1, -0.05) is 107 Å². The van der Waals surface area contributed by atoms with Crippen molar-refractivity contribution in [3.05, 3.63) is 70.8 Å². The number of unbranched alkanes of at least 4 members (excludes halogenated alkanes) is 4. The molecule has 0 bridgehead atoms. The Morgan fingerprint density at radius 1 is 0.543 bits per heavy atom. The van der Waals surface area contributed by atoms with E-state index in [1.165, 1.54) is 115 Å². The summed E-state index contributed by atoms with van der Waals surface area (Å²) in [6.45, 7) is 4.75. The standard InChI is InChI=1S/C35H52/c1-3-9-29-14-22-34(23-15-29)35-26-18-31(19-27-35)11-8-6-4-5-7-10-30-16-24-33(25-17-30)32-20-12-28(2)13-21-32/h16-19,24-29,32,34H,3-15,20-23H2,1-2H3. The summed E-state index contributed by atoms with van der Waals surface area (Å²) in [5.41, 5.74) is 6.27. The number of aryl methyl sites for hydroxylation is 2. The fourth-order valence-corrected chi connectivity index (χ4v) is 6.89. The second-order valence-corrected chi connectivity index (χ2v) is 12.2. The van der Waals surface area contributed by atoms with Crippen molar-refractivity contribution in [2.45, 2.75) is 135 Å². The van der Waals surface area contributed by atoms with Gasteiger partial charge < -0.3 is 0 Å². The van der Waals surface area contributed by atoms with E-state index in [2.05, 4.69) is 62.4 Å². The van der Waals surface area contributed by atoms with Crippen LogP contribution in [0.2, 0.25) is 0 Å². The molecule has 0 heterocycles. The summed E-state index contributed by atoms with van der Waals surface area (Å²) in [7, 11) is 0. The Bertz CT molecular complexity index is 813. The highest BCUT2D eigenvalue weighted by atomic mass is 14.3. The number of hydrogen-bond donors (Lipinski definition) is 0. The maximum absolute atomic E-state index is 2.44. The lowest BCUT2D eigenvalue weighted by molar-refractivity contribution is 0.308. The molecule has 2 aromatic rings. The molecule has 192 valence electrons. The van der Waals surface area contributed by atoms with Crippen LogP contribution in [-0.2, 0) is 12.8 Å². The number of benzene rings is 2. The van der Waals surface area contributed by atoms with E-state index in [1.807, 2.05) is 0 Å². The van der Waals surface area contributed by atoms with Crippen LogP contribution in [0.5, 0.6) is 0 Å².